The second kappa shape index (κ2) is 4.59. The molecule has 1 heterocycles. The molecular weight excluding hydrogens is 220 g/mol. The zero-order valence-electron chi connectivity index (χ0n) is 10.0. The summed E-state index contributed by atoms with van der Waals surface area (Å²) in [5, 5.41) is 2.35. The first kappa shape index (κ1) is 10.9. The first-order valence-corrected chi connectivity index (χ1v) is 6.02. The lowest BCUT2D eigenvalue weighted by Gasteiger charge is -2.11. The van der Waals surface area contributed by atoms with Crippen molar-refractivity contribution in [3.63, 3.8) is 0 Å². The molecule has 0 aliphatic heterocycles. The van der Waals surface area contributed by atoms with Crippen LogP contribution < -0.4 is 5.73 Å². The van der Waals surface area contributed by atoms with Gasteiger partial charge in [0, 0.05) is 23.7 Å². The Morgan fingerprint density at radius 3 is 2.39 bits per heavy atom. The van der Waals surface area contributed by atoms with Gasteiger partial charge in [-0.2, -0.15) is 0 Å². The molecule has 0 spiro atoms. The summed E-state index contributed by atoms with van der Waals surface area (Å²) >= 11 is 0. The van der Waals surface area contributed by atoms with Gasteiger partial charge in [0.15, 0.2) is 0 Å². The molecule has 18 heavy (non-hydrogen) atoms. The van der Waals surface area contributed by atoms with Gasteiger partial charge in [-0.15, -0.1) is 0 Å². The second-order valence-electron chi connectivity index (χ2n) is 4.24. The SMILES string of the molecule is NCc1ncc2ccccc2c1-c1ccccc1. The average Bonchev–Trinajstić information content (AvgIpc) is 2.47. The minimum Gasteiger partial charge on any atom is -0.325 e. The van der Waals surface area contributed by atoms with Crippen LogP contribution in [-0.4, -0.2) is 4.98 Å². The molecule has 88 valence electrons. The van der Waals surface area contributed by atoms with Gasteiger partial charge in [-0.25, -0.2) is 0 Å². The standard InChI is InChI=1S/C16H14N2/c17-10-15-16(12-6-2-1-3-7-12)14-9-5-4-8-13(14)11-18-15/h1-9,11H,10,17H2. The number of rotatable bonds is 2. The Hall–Kier alpha value is -2.19. The summed E-state index contributed by atoms with van der Waals surface area (Å²) in [6, 6.07) is 18.6. The van der Waals surface area contributed by atoms with Crippen LogP contribution in [0.15, 0.2) is 60.8 Å². The van der Waals surface area contributed by atoms with Gasteiger partial charge in [0.25, 0.3) is 0 Å². The Balaban J connectivity index is 2.38. The van der Waals surface area contributed by atoms with Crippen molar-refractivity contribution in [2.75, 3.05) is 0 Å². The molecule has 2 N–H and O–H groups in total. The summed E-state index contributed by atoms with van der Waals surface area (Å²) in [6.07, 6.45) is 1.89. The molecule has 2 aromatic carbocycles. The molecule has 2 heteroatoms. The molecule has 0 saturated carbocycles. The third-order valence-electron chi connectivity index (χ3n) is 3.13. The molecule has 0 radical (unpaired) electrons. The van der Waals surface area contributed by atoms with Crippen LogP contribution in [0.3, 0.4) is 0 Å². The average molecular weight is 234 g/mol. The van der Waals surface area contributed by atoms with Gasteiger partial charge in [0.1, 0.15) is 0 Å². The van der Waals surface area contributed by atoms with Crippen LogP contribution in [0.25, 0.3) is 21.9 Å². The highest BCUT2D eigenvalue weighted by molar-refractivity contribution is 5.97. The van der Waals surface area contributed by atoms with E-state index in [-0.39, 0.29) is 0 Å². The van der Waals surface area contributed by atoms with Gasteiger partial charge in [0.05, 0.1) is 5.69 Å². The van der Waals surface area contributed by atoms with Crippen LogP contribution in [0.1, 0.15) is 5.69 Å². The van der Waals surface area contributed by atoms with E-state index in [0.29, 0.717) is 6.54 Å². The molecule has 0 aliphatic rings. The van der Waals surface area contributed by atoms with E-state index in [0.717, 1.165) is 16.6 Å². The smallest absolute Gasteiger partial charge is 0.0624 e. The number of hydrogen-bond acceptors (Lipinski definition) is 2. The Labute approximate surface area is 106 Å². The highest BCUT2D eigenvalue weighted by Crippen LogP contribution is 2.30. The maximum Gasteiger partial charge on any atom is 0.0624 e. The normalized spacial score (nSPS) is 10.7. The van der Waals surface area contributed by atoms with Crippen LogP contribution >= 0.6 is 0 Å². The van der Waals surface area contributed by atoms with Gasteiger partial charge in [-0.05, 0) is 10.9 Å². The number of hydrogen-bond donors (Lipinski definition) is 1. The predicted octanol–water partition coefficient (Wildman–Crippen LogP) is 3.36. The number of aromatic nitrogens is 1. The fourth-order valence-corrected chi connectivity index (χ4v) is 2.29. The summed E-state index contributed by atoms with van der Waals surface area (Å²) in [5.41, 5.74) is 9.08. The molecule has 0 atom stereocenters. The monoisotopic (exact) mass is 234 g/mol. The lowest BCUT2D eigenvalue weighted by atomic mass is 9.97. The first-order chi connectivity index (χ1) is 8.90. The molecular formula is C16H14N2. The molecule has 0 saturated heterocycles. The predicted molar refractivity (Wildman–Crippen MR) is 75.1 cm³/mol. The lowest BCUT2D eigenvalue weighted by Crippen LogP contribution is -2.02. The Morgan fingerprint density at radius 1 is 0.889 bits per heavy atom. The van der Waals surface area contributed by atoms with E-state index < -0.39 is 0 Å². The fourth-order valence-electron chi connectivity index (χ4n) is 2.29. The van der Waals surface area contributed by atoms with Crippen LogP contribution in [0.2, 0.25) is 0 Å². The van der Waals surface area contributed by atoms with E-state index in [9.17, 15) is 0 Å². The molecule has 0 unspecified atom stereocenters. The lowest BCUT2D eigenvalue weighted by molar-refractivity contribution is 1.00. The van der Waals surface area contributed by atoms with E-state index in [1.165, 1.54) is 10.9 Å². The van der Waals surface area contributed by atoms with E-state index in [2.05, 4.69) is 35.3 Å². The van der Waals surface area contributed by atoms with Crippen molar-refractivity contribution in [2.24, 2.45) is 5.73 Å². The molecule has 0 aliphatic carbocycles. The number of nitrogens with two attached hydrogens (primary N) is 1. The van der Waals surface area contributed by atoms with E-state index in [1.807, 2.05) is 30.5 Å². The number of fused-ring (bicyclic) bond motifs is 1. The maximum absolute atomic E-state index is 5.82. The fraction of sp³-hybridized carbons (Fsp3) is 0.0625. The van der Waals surface area contributed by atoms with Crippen molar-refractivity contribution in [3.05, 3.63) is 66.5 Å². The quantitative estimate of drug-likeness (QED) is 0.738. The van der Waals surface area contributed by atoms with Crippen molar-refractivity contribution in [1.82, 2.24) is 4.98 Å². The molecule has 2 nitrogen and oxygen atoms in total. The van der Waals surface area contributed by atoms with Gasteiger partial charge in [-0.3, -0.25) is 4.98 Å². The van der Waals surface area contributed by atoms with Crippen molar-refractivity contribution in [1.29, 1.82) is 0 Å². The maximum atomic E-state index is 5.82. The number of nitrogens with zero attached hydrogens (tertiary/aromatic N) is 1. The highest BCUT2D eigenvalue weighted by Gasteiger charge is 2.09. The molecule has 3 rings (SSSR count). The Kier molecular flexibility index (Phi) is 2.79. The highest BCUT2D eigenvalue weighted by atomic mass is 14.7. The number of benzene rings is 2. The largest absolute Gasteiger partial charge is 0.325 e. The van der Waals surface area contributed by atoms with Crippen molar-refractivity contribution < 1.29 is 0 Å². The third kappa shape index (κ3) is 1.77. The first-order valence-electron chi connectivity index (χ1n) is 6.02. The summed E-state index contributed by atoms with van der Waals surface area (Å²) in [4.78, 5) is 4.48. The summed E-state index contributed by atoms with van der Waals surface area (Å²) < 4.78 is 0. The van der Waals surface area contributed by atoms with Crippen molar-refractivity contribution in [2.45, 2.75) is 6.54 Å². The topological polar surface area (TPSA) is 38.9 Å². The molecule has 0 amide bonds. The van der Waals surface area contributed by atoms with Crippen LogP contribution in [0, 0.1) is 0 Å². The minimum atomic E-state index is 0.453. The molecule has 0 fully saturated rings. The van der Waals surface area contributed by atoms with E-state index >= 15 is 0 Å². The van der Waals surface area contributed by atoms with Crippen LogP contribution in [0.4, 0.5) is 0 Å². The van der Waals surface area contributed by atoms with Gasteiger partial charge in [0.2, 0.25) is 0 Å². The zero-order chi connectivity index (χ0) is 12.4. The van der Waals surface area contributed by atoms with Crippen LogP contribution in [-0.2, 0) is 6.54 Å². The zero-order valence-corrected chi connectivity index (χ0v) is 10.0. The molecule has 0 bridgehead atoms. The summed E-state index contributed by atoms with van der Waals surface area (Å²) in [5.74, 6) is 0. The number of pyridine rings is 1. The Morgan fingerprint density at radius 2 is 1.61 bits per heavy atom. The summed E-state index contributed by atoms with van der Waals surface area (Å²) in [7, 11) is 0. The second-order valence-corrected chi connectivity index (χ2v) is 4.24. The Bertz CT molecular complexity index is 675. The van der Waals surface area contributed by atoms with Gasteiger partial charge >= 0.3 is 0 Å². The van der Waals surface area contributed by atoms with E-state index in [4.69, 9.17) is 5.73 Å². The van der Waals surface area contributed by atoms with Gasteiger partial charge < -0.3 is 5.73 Å². The van der Waals surface area contributed by atoms with Crippen molar-refractivity contribution >= 4 is 10.8 Å². The van der Waals surface area contributed by atoms with Crippen LogP contribution in [0.5, 0.6) is 0 Å². The van der Waals surface area contributed by atoms with Gasteiger partial charge in [-0.1, -0.05) is 54.6 Å². The molecule has 3 aromatic rings. The summed E-state index contributed by atoms with van der Waals surface area (Å²) in [6.45, 7) is 0.453. The van der Waals surface area contributed by atoms with E-state index in [1.54, 1.807) is 0 Å². The minimum absolute atomic E-state index is 0.453. The third-order valence-corrected chi connectivity index (χ3v) is 3.13. The molecule has 1 aromatic heterocycles. The van der Waals surface area contributed by atoms with Crippen molar-refractivity contribution in [3.8, 4) is 11.1 Å².